The van der Waals surface area contributed by atoms with Gasteiger partial charge in [0.15, 0.2) is 5.82 Å². The summed E-state index contributed by atoms with van der Waals surface area (Å²) in [6.45, 7) is 0.360. The number of halogens is 1. The highest BCUT2D eigenvalue weighted by atomic mass is 19.1. The van der Waals surface area contributed by atoms with E-state index in [4.69, 9.17) is 4.74 Å². The molecule has 4 rings (SSSR count). The lowest BCUT2D eigenvalue weighted by molar-refractivity contribution is 0.306. The molecule has 4 nitrogen and oxygen atoms in total. The van der Waals surface area contributed by atoms with E-state index in [0.717, 1.165) is 22.2 Å². The zero-order chi connectivity index (χ0) is 20.2. The van der Waals surface area contributed by atoms with Gasteiger partial charge in [0.2, 0.25) is 0 Å². The van der Waals surface area contributed by atoms with Crippen molar-refractivity contribution in [3.63, 3.8) is 0 Å². The Kier molecular flexibility index (Phi) is 5.08. The number of fused-ring (bicyclic) bond motifs is 1. The second-order valence-electron chi connectivity index (χ2n) is 6.64. The van der Waals surface area contributed by atoms with Crippen LogP contribution < -0.4 is 4.74 Å². The molecular weight excluding hydrogens is 365 g/mol. The van der Waals surface area contributed by atoms with E-state index >= 15 is 0 Å². The zero-order valence-electron chi connectivity index (χ0n) is 15.8. The highest BCUT2D eigenvalue weighted by Gasteiger charge is 2.11. The summed E-state index contributed by atoms with van der Waals surface area (Å²) in [4.78, 5) is 4.59. The van der Waals surface area contributed by atoms with Crippen LogP contribution in [0.2, 0.25) is 0 Å². The molecule has 0 unspecified atom stereocenters. The molecule has 29 heavy (non-hydrogen) atoms. The number of allylic oxidation sites excluding steroid dienone is 1. The van der Waals surface area contributed by atoms with Crippen molar-refractivity contribution < 1.29 is 9.13 Å². The lowest BCUT2D eigenvalue weighted by Crippen LogP contribution is -1.96. The largest absolute Gasteiger partial charge is 0.489 e. The number of aromatic nitrogens is 2. The minimum Gasteiger partial charge on any atom is -0.489 e. The lowest BCUT2D eigenvalue weighted by Gasteiger charge is -2.07. The fourth-order valence-corrected chi connectivity index (χ4v) is 3.11. The van der Waals surface area contributed by atoms with E-state index < -0.39 is 0 Å². The highest BCUT2D eigenvalue weighted by molar-refractivity contribution is 5.90. The van der Waals surface area contributed by atoms with Gasteiger partial charge in [0.25, 0.3) is 0 Å². The molecule has 0 aliphatic rings. The third kappa shape index (κ3) is 4.02. The van der Waals surface area contributed by atoms with Gasteiger partial charge in [-0.15, -0.1) is 0 Å². The second-order valence-corrected chi connectivity index (χ2v) is 6.64. The van der Waals surface area contributed by atoms with Gasteiger partial charge in [0.1, 0.15) is 24.2 Å². The predicted molar refractivity (Wildman–Crippen MR) is 111 cm³/mol. The van der Waals surface area contributed by atoms with Gasteiger partial charge in [-0.2, -0.15) is 5.26 Å². The molecule has 0 fully saturated rings. The molecule has 0 saturated carbocycles. The van der Waals surface area contributed by atoms with Crippen LogP contribution >= 0.6 is 0 Å². The topological polar surface area (TPSA) is 50.8 Å². The van der Waals surface area contributed by atoms with Crippen molar-refractivity contribution in [1.29, 1.82) is 5.26 Å². The molecule has 0 saturated heterocycles. The Hall–Kier alpha value is -3.91. The van der Waals surface area contributed by atoms with E-state index in [1.807, 2.05) is 66.2 Å². The number of ether oxygens (including phenoxy) is 1. The summed E-state index contributed by atoms with van der Waals surface area (Å²) in [5.74, 6) is 1.07. The quantitative estimate of drug-likeness (QED) is 0.436. The molecule has 0 N–H and O–H groups in total. The third-order valence-electron chi connectivity index (χ3n) is 4.66. The highest BCUT2D eigenvalue weighted by Crippen LogP contribution is 2.23. The van der Waals surface area contributed by atoms with E-state index in [0.29, 0.717) is 23.8 Å². The Labute approximate surface area is 168 Å². The Morgan fingerprint density at radius 2 is 1.79 bits per heavy atom. The minimum atomic E-state index is -0.265. The summed E-state index contributed by atoms with van der Waals surface area (Å²) in [6, 6.07) is 23.7. The van der Waals surface area contributed by atoms with Gasteiger partial charge in [-0.1, -0.05) is 36.4 Å². The van der Waals surface area contributed by atoms with Crippen molar-refractivity contribution in [2.24, 2.45) is 7.05 Å². The van der Waals surface area contributed by atoms with Crippen molar-refractivity contribution in [3.8, 4) is 11.8 Å². The number of para-hydroxylation sites is 2. The Morgan fingerprint density at radius 3 is 2.48 bits per heavy atom. The van der Waals surface area contributed by atoms with Gasteiger partial charge >= 0.3 is 0 Å². The predicted octanol–water partition coefficient (Wildman–Crippen LogP) is 5.36. The van der Waals surface area contributed by atoms with Gasteiger partial charge < -0.3 is 9.30 Å². The zero-order valence-corrected chi connectivity index (χ0v) is 15.8. The molecule has 0 spiro atoms. The molecule has 0 aliphatic heterocycles. The van der Waals surface area contributed by atoms with Gasteiger partial charge in [0.05, 0.1) is 16.6 Å². The van der Waals surface area contributed by atoms with Crippen LogP contribution in [0.15, 0.2) is 72.8 Å². The average Bonchev–Trinajstić information content (AvgIpc) is 3.09. The van der Waals surface area contributed by atoms with Crippen molar-refractivity contribution in [3.05, 3.63) is 95.6 Å². The molecule has 0 bridgehead atoms. The Balaban J connectivity index is 1.52. The van der Waals surface area contributed by atoms with Crippen molar-refractivity contribution in [2.45, 2.75) is 6.61 Å². The standard InChI is InChI=1S/C24H18FN3O/c1-28-23-5-3-2-4-22(23)27-24(28)19(15-26)14-17-8-12-21(13-9-17)29-16-18-6-10-20(25)11-7-18/h2-14H,16H2,1H3/b19-14-. The van der Waals surface area contributed by atoms with Gasteiger partial charge in [0, 0.05) is 7.05 Å². The van der Waals surface area contributed by atoms with E-state index in [9.17, 15) is 9.65 Å². The molecule has 1 aromatic heterocycles. The van der Waals surface area contributed by atoms with Crippen molar-refractivity contribution in [1.82, 2.24) is 9.55 Å². The smallest absolute Gasteiger partial charge is 0.151 e. The third-order valence-corrected chi connectivity index (χ3v) is 4.66. The van der Waals surface area contributed by atoms with E-state index in [1.165, 1.54) is 12.1 Å². The Bertz CT molecular complexity index is 1220. The number of nitriles is 1. The number of rotatable bonds is 5. The first kappa shape index (κ1) is 18.5. The molecule has 4 aromatic rings. The number of aryl methyl sites for hydroxylation is 1. The van der Waals surface area contributed by atoms with Gasteiger partial charge in [-0.25, -0.2) is 9.37 Å². The van der Waals surface area contributed by atoms with Crippen molar-refractivity contribution in [2.75, 3.05) is 0 Å². The normalized spacial score (nSPS) is 11.4. The number of hydrogen-bond acceptors (Lipinski definition) is 3. The average molecular weight is 383 g/mol. The maximum absolute atomic E-state index is 13.0. The second kappa shape index (κ2) is 7.99. The fraction of sp³-hybridized carbons (Fsp3) is 0.0833. The Morgan fingerprint density at radius 1 is 1.07 bits per heavy atom. The number of benzene rings is 3. The summed E-state index contributed by atoms with van der Waals surface area (Å²) in [5, 5.41) is 9.65. The molecule has 5 heteroatoms. The first-order valence-electron chi connectivity index (χ1n) is 9.15. The van der Waals surface area contributed by atoms with Crippen LogP contribution in [0, 0.1) is 17.1 Å². The summed E-state index contributed by atoms with van der Waals surface area (Å²) >= 11 is 0. The van der Waals surface area contributed by atoms with Crippen LogP contribution in [0.25, 0.3) is 22.7 Å². The van der Waals surface area contributed by atoms with Gasteiger partial charge in [-0.05, 0) is 53.6 Å². The summed E-state index contributed by atoms with van der Waals surface area (Å²) in [5.41, 5.74) is 4.10. The first-order chi connectivity index (χ1) is 14.1. The molecule has 1 heterocycles. The van der Waals surface area contributed by atoms with E-state index in [-0.39, 0.29) is 5.82 Å². The van der Waals surface area contributed by atoms with Crippen LogP contribution in [0.3, 0.4) is 0 Å². The first-order valence-corrected chi connectivity index (χ1v) is 9.15. The molecule has 0 aliphatic carbocycles. The molecular formula is C24H18FN3O. The number of nitrogens with zero attached hydrogens (tertiary/aromatic N) is 3. The van der Waals surface area contributed by atoms with Crippen LogP contribution in [0.1, 0.15) is 17.0 Å². The number of hydrogen-bond donors (Lipinski definition) is 0. The maximum Gasteiger partial charge on any atom is 0.151 e. The lowest BCUT2D eigenvalue weighted by atomic mass is 10.1. The van der Waals surface area contributed by atoms with E-state index in [1.54, 1.807) is 12.1 Å². The maximum atomic E-state index is 13.0. The molecule has 0 amide bonds. The van der Waals surface area contributed by atoms with Crippen LogP contribution in [-0.2, 0) is 13.7 Å². The van der Waals surface area contributed by atoms with Crippen LogP contribution in [-0.4, -0.2) is 9.55 Å². The molecule has 3 aromatic carbocycles. The molecule has 0 radical (unpaired) electrons. The fourth-order valence-electron chi connectivity index (χ4n) is 3.11. The SMILES string of the molecule is Cn1c(/C(C#N)=C\c2ccc(OCc3ccc(F)cc3)cc2)nc2ccccc21. The summed E-state index contributed by atoms with van der Waals surface area (Å²) < 4.78 is 20.6. The summed E-state index contributed by atoms with van der Waals surface area (Å²) in [7, 11) is 1.90. The molecule has 142 valence electrons. The van der Waals surface area contributed by atoms with Crippen LogP contribution in [0.4, 0.5) is 4.39 Å². The van der Waals surface area contributed by atoms with Gasteiger partial charge in [-0.3, -0.25) is 0 Å². The van der Waals surface area contributed by atoms with Crippen molar-refractivity contribution >= 4 is 22.7 Å². The monoisotopic (exact) mass is 383 g/mol. The van der Waals surface area contributed by atoms with E-state index in [2.05, 4.69) is 11.1 Å². The summed E-state index contributed by atoms with van der Waals surface area (Å²) in [6.07, 6.45) is 1.81. The van der Waals surface area contributed by atoms with Crippen LogP contribution in [0.5, 0.6) is 5.75 Å². The number of imidazole rings is 1. The minimum absolute atomic E-state index is 0.265. The molecule has 0 atom stereocenters.